The molecule has 0 saturated carbocycles. The highest BCUT2D eigenvalue weighted by Gasteiger charge is 2.24. The maximum atomic E-state index is 11.7. The number of hydrogen-bond acceptors (Lipinski definition) is 6. The lowest BCUT2D eigenvalue weighted by Gasteiger charge is -2.17. The van der Waals surface area contributed by atoms with Gasteiger partial charge in [0.2, 0.25) is 5.88 Å². The molecule has 0 saturated heterocycles. The van der Waals surface area contributed by atoms with Gasteiger partial charge in [0.25, 0.3) is 0 Å². The summed E-state index contributed by atoms with van der Waals surface area (Å²) in [5.74, 6) is 0.511. The van der Waals surface area contributed by atoms with Crippen molar-refractivity contribution in [3.05, 3.63) is 97.2 Å². The molecule has 0 amide bonds. The van der Waals surface area contributed by atoms with E-state index in [1.165, 1.54) is 0 Å². The Morgan fingerprint density at radius 1 is 0.730 bits per heavy atom. The number of para-hydroxylation sites is 1. The van der Waals surface area contributed by atoms with E-state index in [-0.39, 0.29) is 0 Å². The van der Waals surface area contributed by atoms with Gasteiger partial charge >= 0.3 is 0 Å². The van der Waals surface area contributed by atoms with Crippen molar-refractivity contribution in [2.45, 2.75) is 0 Å². The lowest BCUT2D eigenvalue weighted by molar-refractivity contribution is 0.399. The van der Waals surface area contributed by atoms with E-state index in [4.69, 9.17) is 19.1 Å². The van der Waals surface area contributed by atoms with Gasteiger partial charge in [0, 0.05) is 39.3 Å². The molecule has 37 heavy (non-hydrogen) atoms. The standard InChI is InChI=1S/C30H20N3O3P/c1-35-26-14-13-20-22(16-18-8-7-15-31-27(18)29(20)32-26)23-17-25-28(21-11-5-6-12-24(21)36-25)33-30(23)37(34)19-9-3-2-4-10-19/h2-17,34H,1H3. The van der Waals surface area contributed by atoms with Crippen LogP contribution in [0.4, 0.5) is 0 Å². The lowest BCUT2D eigenvalue weighted by atomic mass is 9.98. The monoisotopic (exact) mass is 501 g/mol. The summed E-state index contributed by atoms with van der Waals surface area (Å²) in [5, 5.41) is 3.57. The van der Waals surface area contributed by atoms with Crippen LogP contribution in [0.2, 0.25) is 0 Å². The summed E-state index contributed by atoms with van der Waals surface area (Å²) in [4.78, 5) is 26.1. The van der Waals surface area contributed by atoms with Crippen molar-refractivity contribution >= 4 is 62.8 Å². The summed E-state index contributed by atoms with van der Waals surface area (Å²) >= 11 is 0. The largest absolute Gasteiger partial charge is 0.481 e. The Morgan fingerprint density at radius 2 is 1.57 bits per heavy atom. The number of pyridine rings is 3. The van der Waals surface area contributed by atoms with Gasteiger partial charge in [0.15, 0.2) is 5.58 Å². The van der Waals surface area contributed by atoms with Crippen LogP contribution >= 0.6 is 8.15 Å². The minimum atomic E-state index is -1.75. The highest BCUT2D eigenvalue weighted by atomic mass is 31.1. The molecule has 1 atom stereocenters. The number of hydrogen-bond donors (Lipinski definition) is 1. The molecule has 7 heteroatoms. The molecule has 1 unspecified atom stereocenters. The van der Waals surface area contributed by atoms with E-state index >= 15 is 0 Å². The molecule has 4 aromatic heterocycles. The smallest absolute Gasteiger partial charge is 0.213 e. The second-order valence-electron chi connectivity index (χ2n) is 8.70. The zero-order valence-electron chi connectivity index (χ0n) is 19.8. The summed E-state index contributed by atoms with van der Waals surface area (Å²) in [6.45, 7) is 0. The zero-order valence-corrected chi connectivity index (χ0v) is 20.7. The molecule has 0 aliphatic heterocycles. The van der Waals surface area contributed by atoms with Crippen molar-refractivity contribution in [2.24, 2.45) is 0 Å². The molecule has 178 valence electrons. The summed E-state index contributed by atoms with van der Waals surface area (Å²) in [5.41, 5.74) is 5.98. The van der Waals surface area contributed by atoms with Crippen LogP contribution in [0, 0.1) is 0 Å². The van der Waals surface area contributed by atoms with E-state index in [0.29, 0.717) is 16.9 Å². The van der Waals surface area contributed by atoms with E-state index in [1.807, 2.05) is 84.9 Å². The Kier molecular flexibility index (Phi) is 5.10. The van der Waals surface area contributed by atoms with Crippen molar-refractivity contribution in [1.29, 1.82) is 0 Å². The Hall–Kier alpha value is -4.38. The van der Waals surface area contributed by atoms with Gasteiger partial charge in [-0.15, -0.1) is 0 Å². The normalized spacial score (nSPS) is 12.5. The van der Waals surface area contributed by atoms with Gasteiger partial charge < -0.3 is 14.0 Å². The molecule has 0 aliphatic carbocycles. The fourth-order valence-electron chi connectivity index (χ4n) is 4.82. The number of methoxy groups -OCH3 is 1. The second kappa shape index (κ2) is 8.63. The van der Waals surface area contributed by atoms with E-state index in [9.17, 15) is 4.89 Å². The SMILES string of the molecule is COc1ccc2c(-c3cc4oc5ccccc5c4nc3P(O)c3ccccc3)cc3cccnc3c2n1. The van der Waals surface area contributed by atoms with Crippen LogP contribution in [0.15, 0.2) is 102 Å². The zero-order chi connectivity index (χ0) is 24.9. The number of fused-ring (bicyclic) bond motifs is 6. The van der Waals surface area contributed by atoms with Crippen molar-refractivity contribution in [1.82, 2.24) is 15.0 Å². The number of rotatable bonds is 4. The van der Waals surface area contributed by atoms with Gasteiger partial charge in [-0.1, -0.05) is 48.5 Å². The van der Waals surface area contributed by atoms with Crippen molar-refractivity contribution < 1.29 is 14.0 Å². The van der Waals surface area contributed by atoms with E-state index in [2.05, 4.69) is 11.1 Å². The summed E-state index contributed by atoms with van der Waals surface area (Å²) in [6.07, 6.45) is 1.76. The number of nitrogens with zero attached hydrogens (tertiary/aromatic N) is 3. The van der Waals surface area contributed by atoms with Gasteiger partial charge in [-0.3, -0.25) is 4.98 Å². The molecule has 1 N–H and O–H groups in total. The number of furan rings is 1. The number of benzene rings is 3. The van der Waals surface area contributed by atoms with Crippen molar-refractivity contribution in [2.75, 3.05) is 7.11 Å². The van der Waals surface area contributed by atoms with Gasteiger partial charge in [-0.25, -0.2) is 9.97 Å². The Labute approximate surface area is 213 Å². The third-order valence-corrected chi connectivity index (χ3v) is 8.08. The van der Waals surface area contributed by atoms with E-state index in [0.717, 1.165) is 54.7 Å². The third-order valence-electron chi connectivity index (χ3n) is 6.55. The highest BCUT2D eigenvalue weighted by Crippen LogP contribution is 2.40. The molecule has 7 aromatic rings. The molecule has 0 spiro atoms. The van der Waals surface area contributed by atoms with Gasteiger partial charge in [0.1, 0.15) is 30.2 Å². The Bertz CT molecular complexity index is 1950. The first kappa shape index (κ1) is 21.9. The van der Waals surface area contributed by atoms with Crippen LogP contribution in [0.25, 0.3) is 55.0 Å². The molecule has 7 rings (SSSR count). The minimum Gasteiger partial charge on any atom is -0.481 e. The first-order valence-electron chi connectivity index (χ1n) is 11.8. The first-order chi connectivity index (χ1) is 18.2. The molecule has 4 heterocycles. The highest BCUT2D eigenvalue weighted by molar-refractivity contribution is 7.67. The predicted molar refractivity (Wildman–Crippen MR) is 149 cm³/mol. The fraction of sp³-hybridized carbons (Fsp3) is 0.0333. The van der Waals surface area contributed by atoms with Gasteiger partial charge in [0.05, 0.1) is 12.6 Å². The van der Waals surface area contributed by atoms with Crippen LogP contribution in [0.3, 0.4) is 0 Å². The molecule has 3 aromatic carbocycles. The van der Waals surface area contributed by atoms with Crippen molar-refractivity contribution in [3.8, 4) is 17.0 Å². The van der Waals surface area contributed by atoms with Crippen molar-refractivity contribution in [3.63, 3.8) is 0 Å². The molecule has 0 aliphatic rings. The molecular formula is C30H20N3O3P. The summed E-state index contributed by atoms with van der Waals surface area (Å²) in [6, 6.07) is 29.3. The average molecular weight is 501 g/mol. The fourth-order valence-corrected chi connectivity index (χ4v) is 6.12. The van der Waals surface area contributed by atoms with Crippen LogP contribution in [0.1, 0.15) is 0 Å². The number of aromatic nitrogens is 3. The molecule has 0 bridgehead atoms. The second-order valence-corrected chi connectivity index (χ2v) is 10.3. The van der Waals surface area contributed by atoms with Crippen LogP contribution in [-0.4, -0.2) is 27.0 Å². The first-order valence-corrected chi connectivity index (χ1v) is 13.1. The van der Waals surface area contributed by atoms with Crippen LogP contribution < -0.4 is 15.5 Å². The van der Waals surface area contributed by atoms with E-state index < -0.39 is 8.15 Å². The molecule has 6 nitrogen and oxygen atoms in total. The minimum absolute atomic E-state index is 0.511. The third kappa shape index (κ3) is 3.53. The van der Waals surface area contributed by atoms with E-state index in [1.54, 1.807) is 13.3 Å². The molecule has 0 fully saturated rings. The Balaban J connectivity index is 1.60. The number of ether oxygens (including phenoxy) is 1. The van der Waals surface area contributed by atoms with Crippen LogP contribution in [-0.2, 0) is 0 Å². The topological polar surface area (TPSA) is 81.3 Å². The quantitative estimate of drug-likeness (QED) is 0.232. The van der Waals surface area contributed by atoms with Gasteiger partial charge in [-0.2, -0.15) is 0 Å². The van der Waals surface area contributed by atoms with Gasteiger partial charge in [-0.05, 0) is 42.0 Å². The Morgan fingerprint density at radius 3 is 2.43 bits per heavy atom. The maximum absolute atomic E-state index is 11.7. The summed E-state index contributed by atoms with van der Waals surface area (Å²) < 4.78 is 11.6. The molecule has 0 radical (unpaired) electrons. The predicted octanol–water partition coefficient (Wildman–Crippen LogP) is 6.09. The molecular weight excluding hydrogens is 481 g/mol. The summed E-state index contributed by atoms with van der Waals surface area (Å²) in [7, 11) is -0.145. The van der Waals surface area contributed by atoms with Crippen LogP contribution in [0.5, 0.6) is 5.88 Å². The average Bonchev–Trinajstić information content (AvgIpc) is 3.33. The lowest BCUT2D eigenvalue weighted by Crippen LogP contribution is -2.17. The maximum Gasteiger partial charge on any atom is 0.213 e.